The van der Waals surface area contributed by atoms with Gasteiger partial charge in [-0.15, -0.1) is 0 Å². The molecule has 1 aliphatic carbocycles. The first-order valence-corrected chi connectivity index (χ1v) is 6.76. The van der Waals surface area contributed by atoms with Crippen LogP contribution in [0.25, 0.3) is 0 Å². The molecule has 4 nitrogen and oxygen atoms in total. The van der Waals surface area contributed by atoms with Crippen molar-refractivity contribution in [1.82, 2.24) is 10.6 Å². The highest BCUT2D eigenvalue weighted by Crippen LogP contribution is 2.47. The topological polar surface area (TPSA) is 50.4 Å². The van der Waals surface area contributed by atoms with E-state index in [1.807, 2.05) is 0 Å². The van der Waals surface area contributed by atoms with E-state index in [4.69, 9.17) is 4.74 Å². The number of alkyl carbamates (subject to hydrolysis) is 1. The summed E-state index contributed by atoms with van der Waals surface area (Å²) in [7, 11) is 0. The highest BCUT2D eigenvalue weighted by Gasteiger charge is 2.62. The normalized spacial score (nSPS) is 33.6. The highest BCUT2D eigenvalue weighted by molar-refractivity contribution is 5.69. The van der Waals surface area contributed by atoms with E-state index in [2.05, 4.69) is 10.6 Å². The van der Waals surface area contributed by atoms with E-state index in [0.717, 1.165) is 0 Å². The van der Waals surface area contributed by atoms with E-state index < -0.39 is 29.1 Å². The SMILES string of the molecule is CC(C)(C)OC(=O)NC12CCCC(CNC1)C2(F)F. The molecule has 19 heavy (non-hydrogen) atoms. The number of carbonyl (C=O) groups is 1. The summed E-state index contributed by atoms with van der Waals surface area (Å²) in [6.07, 6.45) is 0.717. The molecule has 2 aliphatic rings. The van der Waals surface area contributed by atoms with E-state index in [1.54, 1.807) is 20.8 Å². The minimum absolute atomic E-state index is 0.0930. The summed E-state index contributed by atoms with van der Waals surface area (Å²) in [5, 5.41) is 5.44. The molecule has 2 N–H and O–H groups in total. The maximum atomic E-state index is 14.5. The van der Waals surface area contributed by atoms with Gasteiger partial charge in [0.15, 0.2) is 0 Å². The molecule has 0 spiro atoms. The van der Waals surface area contributed by atoms with Gasteiger partial charge in [0.05, 0.1) is 0 Å². The predicted octanol–water partition coefficient (Wildman–Crippen LogP) is 2.29. The lowest BCUT2D eigenvalue weighted by molar-refractivity contribution is -0.170. The van der Waals surface area contributed by atoms with Crippen molar-refractivity contribution in [2.75, 3.05) is 13.1 Å². The second-order valence-corrected chi connectivity index (χ2v) is 6.55. The van der Waals surface area contributed by atoms with Crippen LogP contribution in [0.2, 0.25) is 0 Å². The van der Waals surface area contributed by atoms with Crippen molar-refractivity contribution < 1.29 is 18.3 Å². The minimum atomic E-state index is -2.88. The zero-order valence-electron chi connectivity index (χ0n) is 11.7. The van der Waals surface area contributed by atoms with Crippen molar-refractivity contribution in [3.63, 3.8) is 0 Å². The Kier molecular flexibility index (Phi) is 3.49. The first-order chi connectivity index (χ1) is 8.66. The Balaban J connectivity index is 2.14. The van der Waals surface area contributed by atoms with Crippen molar-refractivity contribution in [2.24, 2.45) is 5.92 Å². The van der Waals surface area contributed by atoms with Crippen molar-refractivity contribution in [3.05, 3.63) is 0 Å². The third-order valence-electron chi connectivity index (χ3n) is 3.86. The number of halogens is 2. The van der Waals surface area contributed by atoms with Crippen LogP contribution in [0.5, 0.6) is 0 Å². The van der Waals surface area contributed by atoms with Crippen molar-refractivity contribution in [1.29, 1.82) is 0 Å². The third-order valence-corrected chi connectivity index (χ3v) is 3.86. The van der Waals surface area contributed by atoms with Crippen molar-refractivity contribution in [2.45, 2.75) is 57.1 Å². The van der Waals surface area contributed by atoms with Gasteiger partial charge in [-0.2, -0.15) is 0 Å². The predicted molar refractivity (Wildman–Crippen MR) is 67.3 cm³/mol. The number of nitrogens with one attached hydrogen (secondary N) is 2. The molecule has 2 rings (SSSR count). The first-order valence-electron chi connectivity index (χ1n) is 6.76. The van der Waals surface area contributed by atoms with Gasteiger partial charge < -0.3 is 15.4 Å². The van der Waals surface area contributed by atoms with Crippen LogP contribution in [0.1, 0.15) is 40.0 Å². The van der Waals surface area contributed by atoms with Gasteiger partial charge in [0.2, 0.25) is 0 Å². The molecule has 0 aromatic rings. The molecule has 110 valence electrons. The molecule has 0 aromatic carbocycles. The van der Waals surface area contributed by atoms with E-state index in [0.29, 0.717) is 19.4 Å². The quantitative estimate of drug-likeness (QED) is 0.772. The molecule has 1 heterocycles. The van der Waals surface area contributed by atoms with Crippen LogP contribution >= 0.6 is 0 Å². The Labute approximate surface area is 112 Å². The Morgan fingerprint density at radius 1 is 1.42 bits per heavy atom. The van der Waals surface area contributed by atoms with Gasteiger partial charge in [-0.05, 0) is 33.6 Å². The zero-order chi connectivity index (χ0) is 14.3. The molecule has 1 aliphatic heterocycles. The van der Waals surface area contributed by atoms with Gasteiger partial charge >= 0.3 is 6.09 Å². The second kappa shape index (κ2) is 4.58. The number of fused-ring (bicyclic) bond motifs is 2. The number of carbonyl (C=O) groups excluding carboxylic acids is 1. The Hall–Kier alpha value is -0.910. The summed E-state index contributed by atoms with van der Waals surface area (Å²) in [5.41, 5.74) is -2.19. The number of hydrogen-bond acceptors (Lipinski definition) is 3. The van der Waals surface area contributed by atoms with Crippen molar-refractivity contribution >= 4 is 6.09 Å². The smallest absolute Gasteiger partial charge is 0.408 e. The summed E-state index contributed by atoms with van der Waals surface area (Å²) < 4.78 is 34.0. The number of amides is 1. The van der Waals surface area contributed by atoms with Gasteiger partial charge in [0.1, 0.15) is 11.1 Å². The molecule has 1 saturated carbocycles. The molecule has 2 atom stereocenters. The number of rotatable bonds is 1. The molecule has 2 fully saturated rings. The standard InChI is InChI=1S/C13H22F2N2O2/c1-11(2,3)19-10(18)17-12-6-4-5-9(7-16-8-12)13(12,14)15/h9,16H,4-8H2,1-3H3,(H,17,18). The monoisotopic (exact) mass is 276 g/mol. The Morgan fingerprint density at radius 2 is 2.11 bits per heavy atom. The van der Waals surface area contributed by atoms with Gasteiger partial charge in [-0.1, -0.05) is 6.42 Å². The Bertz CT molecular complexity index is 356. The number of hydrogen-bond donors (Lipinski definition) is 2. The summed E-state index contributed by atoms with van der Waals surface area (Å²) in [6.45, 7) is 5.54. The van der Waals surface area contributed by atoms with Gasteiger partial charge in [-0.25, -0.2) is 13.6 Å². The third kappa shape index (κ3) is 2.68. The maximum absolute atomic E-state index is 14.5. The number of piperidine rings is 1. The summed E-state index contributed by atoms with van der Waals surface area (Å²) in [4.78, 5) is 11.8. The fourth-order valence-corrected chi connectivity index (χ4v) is 2.97. The van der Waals surface area contributed by atoms with Crippen LogP contribution in [0.3, 0.4) is 0 Å². The van der Waals surface area contributed by atoms with Gasteiger partial charge in [0.25, 0.3) is 5.92 Å². The fourth-order valence-electron chi connectivity index (χ4n) is 2.97. The zero-order valence-corrected chi connectivity index (χ0v) is 11.7. The molecule has 2 bridgehead atoms. The fraction of sp³-hybridized carbons (Fsp3) is 0.923. The first kappa shape index (κ1) is 14.5. The largest absolute Gasteiger partial charge is 0.444 e. The molecular weight excluding hydrogens is 254 g/mol. The van der Waals surface area contributed by atoms with Crippen LogP contribution in [0.4, 0.5) is 13.6 Å². The van der Waals surface area contributed by atoms with E-state index >= 15 is 0 Å². The van der Waals surface area contributed by atoms with Crippen LogP contribution < -0.4 is 10.6 Å². The summed E-state index contributed by atoms with van der Waals surface area (Å²) in [6, 6.07) is 0. The minimum Gasteiger partial charge on any atom is -0.444 e. The number of ether oxygens (including phenoxy) is 1. The van der Waals surface area contributed by atoms with Crippen LogP contribution in [-0.2, 0) is 4.74 Å². The van der Waals surface area contributed by atoms with Gasteiger partial charge in [-0.3, -0.25) is 0 Å². The van der Waals surface area contributed by atoms with Crippen molar-refractivity contribution in [3.8, 4) is 0 Å². The number of alkyl halides is 2. The molecule has 1 amide bonds. The molecular formula is C13H22F2N2O2. The Morgan fingerprint density at radius 3 is 2.74 bits per heavy atom. The van der Waals surface area contributed by atoms with E-state index in [9.17, 15) is 13.6 Å². The summed E-state index contributed by atoms with van der Waals surface area (Å²) in [5.74, 6) is -3.59. The molecule has 6 heteroatoms. The molecule has 2 unspecified atom stereocenters. The summed E-state index contributed by atoms with van der Waals surface area (Å²) >= 11 is 0. The average Bonchev–Trinajstić information content (AvgIpc) is 2.16. The molecule has 0 aromatic heterocycles. The van der Waals surface area contributed by atoms with E-state index in [1.165, 1.54) is 0 Å². The van der Waals surface area contributed by atoms with Gasteiger partial charge in [0, 0.05) is 19.0 Å². The van der Waals surface area contributed by atoms with Crippen LogP contribution in [-0.4, -0.2) is 36.2 Å². The lowest BCUT2D eigenvalue weighted by Gasteiger charge is -2.51. The highest BCUT2D eigenvalue weighted by atomic mass is 19.3. The van der Waals surface area contributed by atoms with E-state index in [-0.39, 0.29) is 13.0 Å². The lowest BCUT2D eigenvalue weighted by atomic mass is 9.69. The second-order valence-electron chi connectivity index (χ2n) is 6.55. The van der Waals surface area contributed by atoms with Crippen LogP contribution in [0.15, 0.2) is 0 Å². The van der Waals surface area contributed by atoms with Crippen LogP contribution in [0, 0.1) is 5.92 Å². The maximum Gasteiger partial charge on any atom is 0.408 e. The average molecular weight is 276 g/mol. The molecule has 1 saturated heterocycles. The lowest BCUT2D eigenvalue weighted by Crippen LogP contribution is -2.73. The molecule has 0 radical (unpaired) electrons.